The molecule has 1 fully saturated rings. The smallest absolute Gasteiger partial charge is 0.319 e. The predicted octanol–water partition coefficient (Wildman–Crippen LogP) is 3.14. The Morgan fingerprint density at radius 3 is 2.48 bits per heavy atom. The normalized spacial score (nSPS) is 17.4. The van der Waals surface area contributed by atoms with Crippen molar-refractivity contribution in [1.29, 1.82) is 0 Å². The highest BCUT2D eigenvalue weighted by atomic mass is 16.5. The maximum atomic E-state index is 12.3. The van der Waals surface area contributed by atoms with E-state index in [0.717, 1.165) is 38.2 Å². The van der Waals surface area contributed by atoms with Crippen molar-refractivity contribution in [2.75, 3.05) is 52.2 Å². The number of piperazine rings is 1. The van der Waals surface area contributed by atoms with Crippen LogP contribution in [-0.2, 0) is 5.41 Å². The quantitative estimate of drug-likeness (QED) is 0.801. The highest BCUT2D eigenvalue weighted by Crippen LogP contribution is 2.31. The van der Waals surface area contributed by atoms with Gasteiger partial charge in [-0.1, -0.05) is 26.8 Å². The maximum Gasteiger partial charge on any atom is 0.319 e. The van der Waals surface area contributed by atoms with Crippen LogP contribution in [0.15, 0.2) is 18.2 Å². The van der Waals surface area contributed by atoms with Gasteiger partial charge in [-0.15, -0.1) is 0 Å². The Kier molecular flexibility index (Phi) is 7.50. The molecule has 1 atom stereocenters. The number of carbonyl (C=O) groups is 1. The summed E-state index contributed by atoms with van der Waals surface area (Å²) in [5, 5.41) is 5.91. The van der Waals surface area contributed by atoms with E-state index in [1.165, 1.54) is 0 Å². The highest BCUT2D eigenvalue weighted by Gasteiger charge is 2.19. The van der Waals surface area contributed by atoms with E-state index in [4.69, 9.17) is 4.74 Å². The minimum atomic E-state index is -0.190. The van der Waals surface area contributed by atoms with Gasteiger partial charge in [0.2, 0.25) is 0 Å². The molecule has 6 nitrogen and oxygen atoms in total. The van der Waals surface area contributed by atoms with Gasteiger partial charge in [0, 0.05) is 38.8 Å². The largest absolute Gasteiger partial charge is 0.495 e. The van der Waals surface area contributed by atoms with Gasteiger partial charge in [-0.25, -0.2) is 4.79 Å². The van der Waals surface area contributed by atoms with Crippen molar-refractivity contribution < 1.29 is 9.53 Å². The van der Waals surface area contributed by atoms with Crippen LogP contribution >= 0.6 is 0 Å². The van der Waals surface area contributed by atoms with Crippen molar-refractivity contribution in [3.63, 3.8) is 0 Å². The number of likely N-dealkylation sites (N-methyl/N-ethyl adjacent to an activating group) is 1. The number of benzene rings is 1. The van der Waals surface area contributed by atoms with Crippen LogP contribution in [0.2, 0.25) is 0 Å². The SMILES string of the molecule is COc1ccc(C(C)(C)C)cc1NC(=O)NCC[C@@H](C)N1CCN(C)CC1. The first kappa shape index (κ1) is 21.5. The first-order chi connectivity index (χ1) is 12.7. The molecule has 1 aromatic rings. The van der Waals surface area contributed by atoms with Crippen LogP contribution in [0.5, 0.6) is 5.75 Å². The van der Waals surface area contributed by atoms with Crippen LogP contribution in [0.3, 0.4) is 0 Å². The number of urea groups is 1. The summed E-state index contributed by atoms with van der Waals surface area (Å²) >= 11 is 0. The first-order valence-electron chi connectivity index (χ1n) is 9.86. The van der Waals surface area contributed by atoms with Crippen molar-refractivity contribution in [2.45, 2.75) is 45.6 Å². The Morgan fingerprint density at radius 1 is 1.22 bits per heavy atom. The molecule has 0 aromatic heterocycles. The lowest BCUT2D eigenvalue weighted by Crippen LogP contribution is -2.48. The van der Waals surface area contributed by atoms with Crippen molar-refractivity contribution in [3.05, 3.63) is 23.8 Å². The van der Waals surface area contributed by atoms with Crippen LogP contribution in [0.1, 0.15) is 39.7 Å². The molecule has 0 radical (unpaired) electrons. The van der Waals surface area contributed by atoms with Gasteiger partial charge in [-0.2, -0.15) is 0 Å². The van der Waals surface area contributed by atoms with Gasteiger partial charge >= 0.3 is 6.03 Å². The van der Waals surface area contributed by atoms with Crippen LogP contribution < -0.4 is 15.4 Å². The average Bonchev–Trinajstić information content (AvgIpc) is 2.61. The number of nitrogens with one attached hydrogen (secondary N) is 2. The fourth-order valence-corrected chi connectivity index (χ4v) is 3.28. The van der Waals surface area contributed by atoms with Crippen LogP contribution in [-0.4, -0.2) is 68.8 Å². The third-order valence-corrected chi connectivity index (χ3v) is 5.32. The van der Waals surface area contributed by atoms with Crippen molar-refractivity contribution in [3.8, 4) is 5.75 Å². The number of amides is 2. The molecule has 0 unspecified atom stereocenters. The Labute approximate surface area is 164 Å². The Balaban J connectivity index is 1.85. The topological polar surface area (TPSA) is 56.8 Å². The van der Waals surface area contributed by atoms with Gasteiger partial charge in [-0.3, -0.25) is 4.90 Å². The molecule has 0 saturated carbocycles. The van der Waals surface area contributed by atoms with E-state index in [0.29, 0.717) is 24.0 Å². The minimum absolute atomic E-state index is 0.0110. The molecule has 2 rings (SSSR count). The number of carbonyl (C=O) groups excluding carboxylic acids is 1. The monoisotopic (exact) mass is 376 g/mol. The summed E-state index contributed by atoms with van der Waals surface area (Å²) in [5.74, 6) is 0.670. The van der Waals surface area contributed by atoms with Gasteiger partial charge in [-0.05, 0) is 43.5 Å². The summed E-state index contributed by atoms with van der Waals surface area (Å²) in [7, 11) is 3.78. The second-order valence-electron chi connectivity index (χ2n) is 8.52. The maximum absolute atomic E-state index is 12.3. The highest BCUT2D eigenvalue weighted by molar-refractivity contribution is 5.91. The number of anilines is 1. The summed E-state index contributed by atoms with van der Waals surface area (Å²) in [4.78, 5) is 17.2. The van der Waals surface area contributed by atoms with Gasteiger partial charge in [0.1, 0.15) is 5.75 Å². The molecule has 1 heterocycles. The minimum Gasteiger partial charge on any atom is -0.495 e. The van der Waals surface area contributed by atoms with E-state index >= 15 is 0 Å². The lowest BCUT2D eigenvalue weighted by molar-refractivity contribution is 0.115. The fraction of sp³-hybridized carbons (Fsp3) is 0.667. The summed E-state index contributed by atoms with van der Waals surface area (Å²) in [6.45, 7) is 13.8. The molecule has 152 valence electrons. The molecule has 6 heteroatoms. The fourth-order valence-electron chi connectivity index (χ4n) is 3.28. The molecular weight excluding hydrogens is 340 g/mol. The Bertz CT molecular complexity index is 619. The molecule has 0 aliphatic carbocycles. The van der Waals surface area contributed by atoms with Crippen LogP contribution in [0.25, 0.3) is 0 Å². The van der Waals surface area contributed by atoms with Gasteiger partial charge < -0.3 is 20.3 Å². The van der Waals surface area contributed by atoms with Crippen LogP contribution in [0, 0.1) is 0 Å². The molecule has 1 saturated heterocycles. The van der Waals surface area contributed by atoms with Gasteiger partial charge in [0.25, 0.3) is 0 Å². The number of hydrogen-bond donors (Lipinski definition) is 2. The second kappa shape index (κ2) is 9.42. The molecule has 1 aliphatic heterocycles. The molecule has 2 amide bonds. The van der Waals surface area contributed by atoms with E-state index < -0.39 is 0 Å². The van der Waals surface area contributed by atoms with Gasteiger partial charge in [0.15, 0.2) is 0 Å². The molecule has 1 aromatic carbocycles. The average molecular weight is 377 g/mol. The van der Waals surface area contributed by atoms with E-state index in [-0.39, 0.29) is 11.4 Å². The van der Waals surface area contributed by atoms with Crippen LogP contribution in [0.4, 0.5) is 10.5 Å². The molecule has 27 heavy (non-hydrogen) atoms. The zero-order valence-corrected chi connectivity index (χ0v) is 17.8. The zero-order chi connectivity index (χ0) is 20.0. The number of methoxy groups -OCH3 is 1. The number of rotatable bonds is 6. The third-order valence-electron chi connectivity index (χ3n) is 5.32. The molecule has 0 spiro atoms. The lowest BCUT2D eigenvalue weighted by atomic mass is 9.87. The van der Waals surface area contributed by atoms with Crippen molar-refractivity contribution in [1.82, 2.24) is 15.1 Å². The number of hydrogen-bond acceptors (Lipinski definition) is 4. The van der Waals surface area contributed by atoms with E-state index in [9.17, 15) is 4.79 Å². The number of ether oxygens (including phenoxy) is 1. The first-order valence-corrected chi connectivity index (χ1v) is 9.86. The van der Waals surface area contributed by atoms with Gasteiger partial charge in [0.05, 0.1) is 12.8 Å². The standard InChI is InChI=1S/C21H36N4O2/c1-16(25-13-11-24(5)12-14-25)9-10-22-20(26)23-18-15-17(21(2,3)4)7-8-19(18)27-6/h7-8,15-16H,9-14H2,1-6H3,(H2,22,23,26)/t16-/m1/s1. The van der Waals surface area contributed by atoms with E-state index in [2.05, 4.69) is 55.2 Å². The van der Waals surface area contributed by atoms with Crippen molar-refractivity contribution in [2.24, 2.45) is 0 Å². The molecular formula is C21H36N4O2. The Hall–Kier alpha value is -1.79. The Morgan fingerprint density at radius 2 is 1.89 bits per heavy atom. The lowest BCUT2D eigenvalue weighted by Gasteiger charge is -2.36. The summed E-state index contributed by atoms with van der Waals surface area (Å²) < 4.78 is 5.39. The predicted molar refractivity (Wildman–Crippen MR) is 112 cm³/mol. The molecule has 0 bridgehead atoms. The number of nitrogens with zero attached hydrogens (tertiary/aromatic N) is 2. The summed E-state index contributed by atoms with van der Waals surface area (Å²) in [6.07, 6.45) is 0.941. The molecule has 1 aliphatic rings. The van der Waals surface area contributed by atoms with E-state index in [1.54, 1.807) is 7.11 Å². The second-order valence-corrected chi connectivity index (χ2v) is 8.52. The van der Waals surface area contributed by atoms with Crippen molar-refractivity contribution >= 4 is 11.7 Å². The third kappa shape index (κ3) is 6.40. The van der Waals surface area contributed by atoms with E-state index in [1.807, 2.05) is 18.2 Å². The molecule has 2 N–H and O–H groups in total. The summed E-state index contributed by atoms with van der Waals surface area (Å²) in [6, 6.07) is 6.22. The zero-order valence-electron chi connectivity index (χ0n) is 17.8. The summed E-state index contributed by atoms with van der Waals surface area (Å²) in [5.41, 5.74) is 1.87.